The Hall–Kier alpha value is -1.27. The number of hydrogen-bond donors (Lipinski definition) is 1. The number of para-hydroxylation sites is 1. The summed E-state index contributed by atoms with van der Waals surface area (Å²) in [5, 5.41) is 0.504. The van der Waals surface area contributed by atoms with Crippen LogP contribution in [0.5, 0.6) is 0 Å². The summed E-state index contributed by atoms with van der Waals surface area (Å²) in [6.07, 6.45) is 0.917. The predicted octanol–water partition coefficient (Wildman–Crippen LogP) is 1.73. The van der Waals surface area contributed by atoms with Crippen LogP contribution in [-0.4, -0.2) is 29.5 Å². The van der Waals surface area contributed by atoms with Crippen LogP contribution in [0.25, 0.3) is 11.0 Å². The normalized spacial score (nSPS) is 19.8. The quantitative estimate of drug-likeness (QED) is 0.872. The molecule has 0 bridgehead atoms. The van der Waals surface area contributed by atoms with Gasteiger partial charge >= 0.3 is 5.69 Å². The molecule has 2 aromatic rings. The number of fused-ring (bicyclic) bond motifs is 1. The van der Waals surface area contributed by atoms with E-state index in [0.717, 1.165) is 0 Å². The molecule has 0 spiro atoms. The molecule has 0 radical (unpaired) electrons. The van der Waals surface area contributed by atoms with Gasteiger partial charge in [0.15, 0.2) is 0 Å². The standard InChI is InChI=1S/C12H13ClN2O3S/c13-9-2-1-3-10-11(9)15(12(16)14-10)8-4-6-19(17,18)7-5-8/h1-3,8H,4-7H2,(H,14,16). The van der Waals surface area contributed by atoms with E-state index in [-0.39, 0.29) is 23.2 Å². The summed E-state index contributed by atoms with van der Waals surface area (Å²) in [6, 6.07) is 5.19. The van der Waals surface area contributed by atoms with E-state index in [4.69, 9.17) is 11.6 Å². The zero-order valence-corrected chi connectivity index (χ0v) is 11.7. The van der Waals surface area contributed by atoms with Crippen molar-refractivity contribution in [1.82, 2.24) is 9.55 Å². The average molecular weight is 301 g/mol. The Morgan fingerprint density at radius 2 is 1.95 bits per heavy atom. The predicted molar refractivity (Wildman–Crippen MR) is 74.5 cm³/mol. The number of aromatic nitrogens is 2. The lowest BCUT2D eigenvalue weighted by Gasteiger charge is -2.23. The summed E-state index contributed by atoms with van der Waals surface area (Å²) in [6.45, 7) is 0. The zero-order chi connectivity index (χ0) is 13.6. The first kappa shape index (κ1) is 12.7. The van der Waals surface area contributed by atoms with Gasteiger partial charge in [-0.2, -0.15) is 0 Å². The van der Waals surface area contributed by atoms with Crippen molar-refractivity contribution in [3.8, 4) is 0 Å². The summed E-state index contributed by atoms with van der Waals surface area (Å²) in [4.78, 5) is 14.8. The van der Waals surface area contributed by atoms with Crippen LogP contribution in [-0.2, 0) is 9.84 Å². The van der Waals surface area contributed by atoms with Crippen molar-refractivity contribution >= 4 is 32.5 Å². The van der Waals surface area contributed by atoms with E-state index in [0.29, 0.717) is 28.9 Å². The molecule has 2 heterocycles. The van der Waals surface area contributed by atoms with Crippen molar-refractivity contribution in [2.75, 3.05) is 11.5 Å². The third kappa shape index (κ3) is 2.19. The number of nitrogens with one attached hydrogen (secondary N) is 1. The molecule has 1 aromatic heterocycles. The van der Waals surface area contributed by atoms with Crippen molar-refractivity contribution in [1.29, 1.82) is 0 Å². The fourth-order valence-electron chi connectivity index (χ4n) is 2.62. The van der Waals surface area contributed by atoms with Gasteiger partial charge in [-0.15, -0.1) is 0 Å². The molecule has 1 aliphatic rings. The number of benzene rings is 1. The van der Waals surface area contributed by atoms with Crippen molar-refractivity contribution in [3.05, 3.63) is 33.7 Å². The molecule has 7 heteroatoms. The van der Waals surface area contributed by atoms with Gasteiger partial charge in [-0.3, -0.25) is 4.57 Å². The Balaban J connectivity index is 2.11. The maximum atomic E-state index is 12.1. The highest BCUT2D eigenvalue weighted by Gasteiger charge is 2.27. The molecule has 1 aliphatic heterocycles. The second-order valence-electron chi connectivity index (χ2n) is 4.82. The molecule has 1 fully saturated rings. The van der Waals surface area contributed by atoms with Gasteiger partial charge in [0, 0.05) is 6.04 Å². The highest BCUT2D eigenvalue weighted by Crippen LogP contribution is 2.29. The summed E-state index contributed by atoms with van der Waals surface area (Å²) < 4.78 is 24.5. The minimum Gasteiger partial charge on any atom is -0.305 e. The molecule has 0 aliphatic carbocycles. The van der Waals surface area contributed by atoms with Crippen LogP contribution in [0.1, 0.15) is 18.9 Å². The van der Waals surface area contributed by atoms with Gasteiger partial charge in [0.2, 0.25) is 0 Å². The van der Waals surface area contributed by atoms with E-state index in [1.807, 2.05) is 0 Å². The van der Waals surface area contributed by atoms with Gasteiger partial charge in [0.05, 0.1) is 27.6 Å². The van der Waals surface area contributed by atoms with E-state index in [2.05, 4.69) is 4.98 Å². The number of halogens is 1. The van der Waals surface area contributed by atoms with Gasteiger partial charge < -0.3 is 4.98 Å². The Morgan fingerprint density at radius 1 is 1.26 bits per heavy atom. The van der Waals surface area contributed by atoms with E-state index >= 15 is 0 Å². The molecule has 19 heavy (non-hydrogen) atoms. The summed E-state index contributed by atoms with van der Waals surface area (Å²) >= 11 is 6.15. The van der Waals surface area contributed by atoms with Gasteiger partial charge in [-0.05, 0) is 25.0 Å². The molecule has 102 valence electrons. The Kier molecular flexibility index (Phi) is 2.94. The maximum absolute atomic E-state index is 12.1. The average Bonchev–Trinajstić information content (AvgIpc) is 2.67. The molecule has 5 nitrogen and oxygen atoms in total. The molecule has 0 amide bonds. The fraction of sp³-hybridized carbons (Fsp3) is 0.417. The highest BCUT2D eigenvalue weighted by atomic mass is 35.5. The SMILES string of the molecule is O=c1[nH]c2cccc(Cl)c2n1C1CCS(=O)(=O)CC1. The second-order valence-corrected chi connectivity index (χ2v) is 7.53. The highest BCUT2D eigenvalue weighted by molar-refractivity contribution is 7.91. The topological polar surface area (TPSA) is 71.9 Å². The molecule has 3 rings (SSSR count). The number of hydrogen-bond acceptors (Lipinski definition) is 3. The first-order chi connectivity index (χ1) is 8.98. The van der Waals surface area contributed by atoms with Gasteiger partial charge in [0.1, 0.15) is 9.84 Å². The van der Waals surface area contributed by atoms with E-state index in [1.54, 1.807) is 22.8 Å². The van der Waals surface area contributed by atoms with Crippen molar-refractivity contribution in [3.63, 3.8) is 0 Å². The molecular weight excluding hydrogens is 288 g/mol. The number of nitrogens with zero attached hydrogens (tertiary/aromatic N) is 1. The lowest BCUT2D eigenvalue weighted by atomic mass is 10.1. The van der Waals surface area contributed by atoms with E-state index < -0.39 is 9.84 Å². The molecule has 1 N–H and O–H groups in total. The largest absolute Gasteiger partial charge is 0.326 e. The maximum Gasteiger partial charge on any atom is 0.326 e. The first-order valence-electron chi connectivity index (χ1n) is 6.07. The number of aromatic amines is 1. The van der Waals surface area contributed by atoms with Crippen LogP contribution >= 0.6 is 11.6 Å². The molecule has 1 saturated heterocycles. The molecule has 1 aromatic carbocycles. The van der Waals surface area contributed by atoms with Gasteiger partial charge in [0.25, 0.3) is 0 Å². The smallest absolute Gasteiger partial charge is 0.305 e. The van der Waals surface area contributed by atoms with Gasteiger partial charge in [-0.1, -0.05) is 17.7 Å². The number of H-pyrrole nitrogens is 1. The van der Waals surface area contributed by atoms with Crippen LogP contribution in [0.4, 0.5) is 0 Å². The third-order valence-electron chi connectivity index (χ3n) is 3.58. The van der Waals surface area contributed by atoms with Gasteiger partial charge in [-0.25, -0.2) is 13.2 Å². The van der Waals surface area contributed by atoms with Crippen molar-refractivity contribution < 1.29 is 8.42 Å². The Bertz CT molecular complexity index is 777. The summed E-state index contributed by atoms with van der Waals surface area (Å²) in [7, 11) is -2.94. The molecule has 0 saturated carbocycles. The van der Waals surface area contributed by atoms with E-state index in [1.165, 1.54) is 0 Å². The zero-order valence-electron chi connectivity index (χ0n) is 10.1. The summed E-state index contributed by atoms with van der Waals surface area (Å²) in [5.41, 5.74) is 1.12. The minimum absolute atomic E-state index is 0.107. The minimum atomic E-state index is -2.94. The third-order valence-corrected chi connectivity index (χ3v) is 5.60. The summed E-state index contributed by atoms with van der Waals surface area (Å²) in [5.74, 6) is 0.252. The van der Waals surface area contributed by atoms with Crippen molar-refractivity contribution in [2.45, 2.75) is 18.9 Å². The van der Waals surface area contributed by atoms with Crippen LogP contribution in [0.2, 0.25) is 5.02 Å². The van der Waals surface area contributed by atoms with Crippen LogP contribution in [0.15, 0.2) is 23.0 Å². The number of imidazole rings is 1. The lowest BCUT2D eigenvalue weighted by molar-refractivity contribution is 0.450. The number of rotatable bonds is 1. The van der Waals surface area contributed by atoms with E-state index in [9.17, 15) is 13.2 Å². The van der Waals surface area contributed by atoms with Crippen LogP contribution in [0.3, 0.4) is 0 Å². The number of sulfone groups is 1. The van der Waals surface area contributed by atoms with Crippen LogP contribution in [0, 0.1) is 0 Å². The molecule has 0 unspecified atom stereocenters. The molecular formula is C12H13ClN2O3S. The Labute approximate surface area is 115 Å². The Morgan fingerprint density at radius 3 is 2.63 bits per heavy atom. The van der Waals surface area contributed by atoms with Crippen LogP contribution < -0.4 is 5.69 Å². The monoisotopic (exact) mass is 300 g/mol. The molecule has 0 atom stereocenters. The second kappa shape index (κ2) is 4.38. The van der Waals surface area contributed by atoms with Crippen molar-refractivity contribution in [2.24, 2.45) is 0 Å². The lowest BCUT2D eigenvalue weighted by Crippen LogP contribution is -2.30. The fourth-order valence-corrected chi connectivity index (χ4v) is 4.35. The first-order valence-corrected chi connectivity index (χ1v) is 8.27.